The number of nitrogens with one attached hydrogen (secondary N) is 1. The Bertz CT molecular complexity index is 654. The highest BCUT2D eigenvalue weighted by molar-refractivity contribution is 5.92. The Hall–Kier alpha value is -2.63. The number of hydrogen-bond donors (Lipinski definition) is 1. The van der Waals surface area contributed by atoms with Crippen molar-refractivity contribution >= 4 is 11.8 Å². The van der Waals surface area contributed by atoms with E-state index < -0.39 is 0 Å². The van der Waals surface area contributed by atoms with E-state index in [1.807, 2.05) is 29.4 Å². The first-order valence-corrected chi connectivity index (χ1v) is 7.84. The fourth-order valence-corrected chi connectivity index (χ4v) is 2.78. The quantitative estimate of drug-likeness (QED) is 0.929. The van der Waals surface area contributed by atoms with E-state index in [0.29, 0.717) is 38.3 Å². The lowest BCUT2D eigenvalue weighted by atomic mass is 10.2. The van der Waals surface area contributed by atoms with Crippen molar-refractivity contribution in [3.05, 3.63) is 54.1 Å². The maximum atomic E-state index is 12.4. The van der Waals surface area contributed by atoms with Crippen LogP contribution in [-0.2, 0) is 11.2 Å². The van der Waals surface area contributed by atoms with Crippen molar-refractivity contribution in [2.45, 2.75) is 12.8 Å². The van der Waals surface area contributed by atoms with Crippen LogP contribution in [0.3, 0.4) is 0 Å². The van der Waals surface area contributed by atoms with Gasteiger partial charge in [-0.15, -0.1) is 0 Å². The lowest BCUT2D eigenvalue weighted by Crippen LogP contribution is -2.38. The van der Waals surface area contributed by atoms with E-state index in [2.05, 4.69) is 9.97 Å². The van der Waals surface area contributed by atoms with Crippen LogP contribution in [0.15, 0.2) is 42.9 Å². The molecule has 0 aliphatic carbocycles. The fraction of sp³-hybridized carbons (Fsp3) is 0.353. The lowest BCUT2D eigenvalue weighted by molar-refractivity contribution is -0.130. The summed E-state index contributed by atoms with van der Waals surface area (Å²) in [5.41, 5.74) is 1.44. The predicted molar refractivity (Wildman–Crippen MR) is 85.8 cm³/mol. The van der Waals surface area contributed by atoms with Gasteiger partial charge in [0.15, 0.2) is 0 Å². The van der Waals surface area contributed by atoms with Gasteiger partial charge in [0.25, 0.3) is 5.91 Å². The minimum Gasteiger partial charge on any atom is -0.367 e. The Morgan fingerprint density at radius 3 is 2.65 bits per heavy atom. The molecule has 0 spiro atoms. The van der Waals surface area contributed by atoms with Gasteiger partial charge in [-0.1, -0.05) is 6.07 Å². The van der Waals surface area contributed by atoms with Gasteiger partial charge in [-0.2, -0.15) is 0 Å². The van der Waals surface area contributed by atoms with E-state index in [0.717, 1.165) is 12.0 Å². The lowest BCUT2D eigenvalue weighted by Gasteiger charge is -2.22. The van der Waals surface area contributed by atoms with Crippen LogP contribution >= 0.6 is 0 Å². The average Bonchev–Trinajstić information content (AvgIpc) is 2.96. The summed E-state index contributed by atoms with van der Waals surface area (Å²) < 4.78 is 0. The summed E-state index contributed by atoms with van der Waals surface area (Å²) in [7, 11) is 0. The van der Waals surface area contributed by atoms with Gasteiger partial charge < -0.3 is 14.8 Å². The zero-order valence-corrected chi connectivity index (χ0v) is 12.9. The summed E-state index contributed by atoms with van der Waals surface area (Å²) in [5, 5.41) is 0. The fourth-order valence-electron chi connectivity index (χ4n) is 2.78. The first-order chi connectivity index (χ1) is 11.2. The number of carbonyl (C=O) groups excluding carboxylic acids is 2. The Morgan fingerprint density at radius 1 is 1.09 bits per heavy atom. The molecule has 3 heterocycles. The molecule has 3 rings (SSSR count). The highest BCUT2D eigenvalue weighted by atomic mass is 16.2. The molecular weight excluding hydrogens is 292 g/mol. The second-order valence-electron chi connectivity index (χ2n) is 5.64. The highest BCUT2D eigenvalue weighted by Gasteiger charge is 2.23. The number of nitrogens with zero attached hydrogens (tertiary/aromatic N) is 3. The zero-order chi connectivity index (χ0) is 16.1. The van der Waals surface area contributed by atoms with Crippen LogP contribution in [0.25, 0.3) is 0 Å². The van der Waals surface area contributed by atoms with Gasteiger partial charge in [-0.05, 0) is 30.2 Å². The largest absolute Gasteiger partial charge is 0.367 e. The molecule has 2 aromatic rings. The van der Waals surface area contributed by atoms with Gasteiger partial charge in [0.05, 0.1) is 6.42 Å². The Balaban J connectivity index is 1.59. The molecule has 6 heteroatoms. The summed E-state index contributed by atoms with van der Waals surface area (Å²) in [6, 6.07) is 7.24. The third-order valence-electron chi connectivity index (χ3n) is 4.04. The van der Waals surface area contributed by atoms with E-state index in [-0.39, 0.29) is 11.8 Å². The minimum absolute atomic E-state index is 0.0643. The smallest absolute Gasteiger partial charge is 0.272 e. The zero-order valence-electron chi connectivity index (χ0n) is 12.9. The normalized spacial score (nSPS) is 15.3. The Morgan fingerprint density at radius 2 is 1.91 bits per heavy atom. The topological polar surface area (TPSA) is 69.3 Å². The van der Waals surface area contributed by atoms with E-state index >= 15 is 0 Å². The van der Waals surface area contributed by atoms with Crippen molar-refractivity contribution in [1.82, 2.24) is 19.8 Å². The monoisotopic (exact) mass is 312 g/mol. The SMILES string of the molecule is O=C(Cc1cc[nH]c1)N1CCCN(C(=O)c2ccccn2)CC1. The molecule has 120 valence electrons. The Labute approximate surface area is 135 Å². The number of amides is 2. The maximum Gasteiger partial charge on any atom is 0.272 e. The number of H-pyrrole nitrogens is 1. The maximum absolute atomic E-state index is 12.4. The summed E-state index contributed by atoms with van der Waals surface area (Å²) in [6.07, 6.45) is 6.47. The molecule has 1 fully saturated rings. The van der Waals surface area contributed by atoms with Gasteiger partial charge in [-0.3, -0.25) is 14.6 Å². The Kier molecular flexibility index (Phi) is 4.71. The number of aromatic nitrogens is 2. The molecule has 1 saturated heterocycles. The first kappa shape index (κ1) is 15.3. The molecule has 0 aromatic carbocycles. The van der Waals surface area contributed by atoms with E-state index in [9.17, 15) is 9.59 Å². The van der Waals surface area contributed by atoms with Crippen LogP contribution < -0.4 is 0 Å². The average molecular weight is 312 g/mol. The third-order valence-corrected chi connectivity index (χ3v) is 4.04. The van der Waals surface area contributed by atoms with Crippen LogP contribution in [0.1, 0.15) is 22.5 Å². The van der Waals surface area contributed by atoms with Gasteiger partial charge in [0, 0.05) is 44.8 Å². The summed E-state index contributed by atoms with van der Waals surface area (Å²) in [6.45, 7) is 2.47. The van der Waals surface area contributed by atoms with E-state index in [4.69, 9.17) is 0 Å². The molecule has 0 unspecified atom stereocenters. The van der Waals surface area contributed by atoms with Gasteiger partial charge in [-0.25, -0.2) is 0 Å². The number of rotatable bonds is 3. The second kappa shape index (κ2) is 7.09. The van der Waals surface area contributed by atoms with Crippen LogP contribution in [0, 0.1) is 0 Å². The van der Waals surface area contributed by atoms with Crippen molar-refractivity contribution in [3.8, 4) is 0 Å². The molecule has 1 aliphatic heterocycles. The predicted octanol–water partition coefficient (Wildman–Crippen LogP) is 1.33. The van der Waals surface area contributed by atoms with Crippen LogP contribution in [0.5, 0.6) is 0 Å². The van der Waals surface area contributed by atoms with E-state index in [1.165, 1.54) is 0 Å². The van der Waals surface area contributed by atoms with Gasteiger partial charge in [0.1, 0.15) is 5.69 Å². The molecule has 2 amide bonds. The second-order valence-corrected chi connectivity index (χ2v) is 5.64. The third kappa shape index (κ3) is 3.77. The molecule has 2 aromatic heterocycles. The van der Waals surface area contributed by atoms with Crippen LogP contribution in [-0.4, -0.2) is 57.8 Å². The highest BCUT2D eigenvalue weighted by Crippen LogP contribution is 2.09. The van der Waals surface area contributed by atoms with Crippen LogP contribution in [0.4, 0.5) is 0 Å². The molecule has 0 radical (unpaired) electrons. The molecule has 1 N–H and O–H groups in total. The molecule has 1 aliphatic rings. The van der Waals surface area contributed by atoms with E-state index in [1.54, 1.807) is 23.2 Å². The first-order valence-electron chi connectivity index (χ1n) is 7.84. The molecule has 23 heavy (non-hydrogen) atoms. The molecular formula is C17H20N4O2. The van der Waals surface area contributed by atoms with Gasteiger partial charge in [0.2, 0.25) is 5.91 Å². The molecule has 0 bridgehead atoms. The van der Waals surface area contributed by atoms with Crippen molar-refractivity contribution in [2.24, 2.45) is 0 Å². The molecule has 0 saturated carbocycles. The van der Waals surface area contributed by atoms with Crippen molar-refractivity contribution in [1.29, 1.82) is 0 Å². The van der Waals surface area contributed by atoms with Crippen molar-refractivity contribution in [2.75, 3.05) is 26.2 Å². The number of hydrogen-bond acceptors (Lipinski definition) is 3. The minimum atomic E-state index is -0.0643. The molecule has 0 atom stereocenters. The van der Waals surface area contributed by atoms with Crippen molar-refractivity contribution < 1.29 is 9.59 Å². The standard InChI is InChI=1S/C17H20N4O2/c22-16(12-14-5-7-18-13-14)20-8-3-9-21(11-10-20)17(23)15-4-1-2-6-19-15/h1-2,4-7,13,18H,3,8-12H2. The summed E-state index contributed by atoms with van der Waals surface area (Å²) in [4.78, 5) is 35.5. The number of carbonyl (C=O) groups is 2. The summed E-state index contributed by atoms with van der Waals surface area (Å²) in [5.74, 6) is 0.0438. The summed E-state index contributed by atoms with van der Waals surface area (Å²) >= 11 is 0. The number of aromatic amines is 1. The molecule has 6 nitrogen and oxygen atoms in total. The number of pyridine rings is 1. The van der Waals surface area contributed by atoms with Crippen molar-refractivity contribution in [3.63, 3.8) is 0 Å². The van der Waals surface area contributed by atoms with Crippen LogP contribution in [0.2, 0.25) is 0 Å². The van der Waals surface area contributed by atoms with Gasteiger partial charge >= 0.3 is 0 Å².